The number of aromatic nitrogens is 2. The first kappa shape index (κ1) is 12.6. The molecule has 0 saturated heterocycles. The fourth-order valence-electron chi connectivity index (χ4n) is 1.10. The number of halogens is 1. The standard InChI is InChI=1S/C9H14IN3O2/c1-2-9(4-14,5-15)13-8-7(10)3-11-6-12-8/h3,6,14-15H,2,4-5H2,1H3,(H,11,12,13). The van der Waals surface area contributed by atoms with E-state index in [1.807, 2.05) is 6.92 Å². The number of hydrogen-bond donors (Lipinski definition) is 3. The van der Waals surface area contributed by atoms with Crippen LogP contribution >= 0.6 is 22.6 Å². The van der Waals surface area contributed by atoms with Gasteiger partial charge in [-0.25, -0.2) is 9.97 Å². The highest BCUT2D eigenvalue weighted by Gasteiger charge is 2.27. The fraction of sp³-hybridized carbons (Fsp3) is 0.556. The number of aliphatic hydroxyl groups is 2. The number of hydrogen-bond acceptors (Lipinski definition) is 5. The Balaban J connectivity index is 2.88. The van der Waals surface area contributed by atoms with Gasteiger partial charge in [-0.1, -0.05) is 6.92 Å². The van der Waals surface area contributed by atoms with Gasteiger partial charge in [0.15, 0.2) is 0 Å². The lowest BCUT2D eigenvalue weighted by Crippen LogP contribution is -2.45. The van der Waals surface area contributed by atoms with E-state index in [1.54, 1.807) is 6.20 Å². The van der Waals surface area contributed by atoms with Gasteiger partial charge in [-0.3, -0.25) is 0 Å². The van der Waals surface area contributed by atoms with Crippen LogP contribution in [0.4, 0.5) is 5.82 Å². The second-order valence-corrected chi connectivity index (χ2v) is 4.46. The Morgan fingerprint density at radius 1 is 1.47 bits per heavy atom. The van der Waals surface area contributed by atoms with Crippen molar-refractivity contribution in [2.75, 3.05) is 18.5 Å². The predicted octanol–water partition coefficient (Wildman–Crippen LogP) is 0.626. The maximum Gasteiger partial charge on any atom is 0.143 e. The van der Waals surface area contributed by atoms with Gasteiger partial charge in [0.05, 0.1) is 22.3 Å². The second kappa shape index (κ2) is 5.57. The van der Waals surface area contributed by atoms with Gasteiger partial charge >= 0.3 is 0 Å². The fourth-order valence-corrected chi connectivity index (χ4v) is 1.53. The van der Waals surface area contributed by atoms with Crippen molar-refractivity contribution in [3.63, 3.8) is 0 Å². The van der Waals surface area contributed by atoms with Crippen molar-refractivity contribution in [3.8, 4) is 0 Å². The summed E-state index contributed by atoms with van der Waals surface area (Å²) in [5.74, 6) is 0.635. The predicted molar refractivity (Wildman–Crippen MR) is 65.6 cm³/mol. The van der Waals surface area contributed by atoms with Crippen LogP contribution in [-0.4, -0.2) is 38.9 Å². The largest absolute Gasteiger partial charge is 0.394 e. The van der Waals surface area contributed by atoms with Crippen molar-refractivity contribution in [1.82, 2.24) is 9.97 Å². The average molecular weight is 323 g/mol. The summed E-state index contributed by atoms with van der Waals surface area (Å²) in [6, 6.07) is 0. The van der Waals surface area contributed by atoms with Gasteiger partial charge in [0.1, 0.15) is 12.1 Å². The minimum atomic E-state index is -0.714. The zero-order valence-corrected chi connectivity index (χ0v) is 10.6. The molecule has 0 spiro atoms. The van der Waals surface area contributed by atoms with Crippen LogP contribution in [0.25, 0.3) is 0 Å². The zero-order chi connectivity index (χ0) is 11.3. The van der Waals surface area contributed by atoms with Crippen molar-refractivity contribution in [2.45, 2.75) is 18.9 Å². The van der Waals surface area contributed by atoms with Crippen LogP contribution in [0.3, 0.4) is 0 Å². The molecule has 1 rings (SSSR count). The molecule has 0 saturated carbocycles. The smallest absolute Gasteiger partial charge is 0.143 e. The molecule has 0 aliphatic carbocycles. The first-order chi connectivity index (χ1) is 7.17. The average Bonchev–Trinajstić information content (AvgIpc) is 2.29. The van der Waals surface area contributed by atoms with Crippen LogP contribution in [0.1, 0.15) is 13.3 Å². The Morgan fingerprint density at radius 2 is 2.13 bits per heavy atom. The molecule has 6 heteroatoms. The Hall–Kier alpha value is -0.470. The van der Waals surface area contributed by atoms with E-state index in [9.17, 15) is 10.2 Å². The summed E-state index contributed by atoms with van der Waals surface area (Å²) < 4.78 is 0.856. The van der Waals surface area contributed by atoms with E-state index in [1.165, 1.54) is 6.33 Å². The summed E-state index contributed by atoms with van der Waals surface area (Å²) in [7, 11) is 0. The molecule has 84 valence electrons. The van der Waals surface area contributed by atoms with Crippen LogP contribution in [0.15, 0.2) is 12.5 Å². The SMILES string of the molecule is CCC(CO)(CO)Nc1ncncc1I. The van der Waals surface area contributed by atoms with E-state index in [2.05, 4.69) is 37.9 Å². The lowest BCUT2D eigenvalue weighted by atomic mass is 9.98. The lowest BCUT2D eigenvalue weighted by Gasteiger charge is -2.30. The molecule has 1 aromatic rings. The summed E-state index contributed by atoms with van der Waals surface area (Å²) >= 11 is 2.10. The summed E-state index contributed by atoms with van der Waals surface area (Å²) in [6.45, 7) is 1.62. The Bertz CT molecular complexity index is 310. The summed E-state index contributed by atoms with van der Waals surface area (Å²) in [5, 5.41) is 21.6. The number of anilines is 1. The molecule has 0 bridgehead atoms. The maximum atomic E-state index is 9.26. The first-order valence-corrected chi connectivity index (χ1v) is 5.70. The van der Waals surface area contributed by atoms with E-state index >= 15 is 0 Å². The van der Waals surface area contributed by atoms with E-state index in [0.29, 0.717) is 12.2 Å². The van der Waals surface area contributed by atoms with Crippen molar-refractivity contribution in [1.29, 1.82) is 0 Å². The third-order valence-corrected chi connectivity index (χ3v) is 3.12. The van der Waals surface area contributed by atoms with Gasteiger partial charge in [-0.2, -0.15) is 0 Å². The van der Waals surface area contributed by atoms with E-state index in [-0.39, 0.29) is 13.2 Å². The third kappa shape index (κ3) is 2.99. The minimum absolute atomic E-state index is 0.139. The van der Waals surface area contributed by atoms with Crippen molar-refractivity contribution in [3.05, 3.63) is 16.1 Å². The Kier molecular flexibility index (Phi) is 4.68. The highest BCUT2D eigenvalue weighted by Crippen LogP contribution is 2.20. The third-order valence-electron chi connectivity index (χ3n) is 2.33. The molecule has 0 aliphatic heterocycles. The quantitative estimate of drug-likeness (QED) is 0.693. The normalized spacial score (nSPS) is 11.5. The zero-order valence-electron chi connectivity index (χ0n) is 8.44. The summed E-state index contributed by atoms with van der Waals surface area (Å²) in [6.07, 6.45) is 3.71. The number of nitrogens with zero attached hydrogens (tertiary/aromatic N) is 2. The number of aliphatic hydroxyl groups excluding tert-OH is 2. The van der Waals surface area contributed by atoms with Gasteiger partial charge in [-0.15, -0.1) is 0 Å². The highest BCUT2D eigenvalue weighted by atomic mass is 127. The van der Waals surface area contributed by atoms with Gasteiger partial charge in [-0.05, 0) is 29.0 Å². The van der Waals surface area contributed by atoms with Gasteiger partial charge in [0.2, 0.25) is 0 Å². The molecule has 0 unspecified atom stereocenters. The van der Waals surface area contributed by atoms with E-state index in [4.69, 9.17) is 0 Å². The molecule has 5 nitrogen and oxygen atoms in total. The Labute approximate surface area is 102 Å². The molecule has 15 heavy (non-hydrogen) atoms. The minimum Gasteiger partial charge on any atom is -0.394 e. The summed E-state index contributed by atoms with van der Waals surface area (Å²) in [4.78, 5) is 7.92. The van der Waals surface area contributed by atoms with Gasteiger partial charge in [0, 0.05) is 6.20 Å². The molecule has 0 radical (unpaired) electrons. The molecular formula is C9H14IN3O2. The Morgan fingerprint density at radius 3 is 2.60 bits per heavy atom. The molecule has 0 fully saturated rings. The molecule has 0 amide bonds. The van der Waals surface area contributed by atoms with Gasteiger partial charge < -0.3 is 15.5 Å². The van der Waals surface area contributed by atoms with Crippen LogP contribution in [0.5, 0.6) is 0 Å². The van der Waals surface area contributed by atoms with Crippen molar-refractivity contribution < 1.29 is 10.2 Å². The molecule has 0 aromatic carbocycles. The van der Waals surface area contributed by atoms with Crippen molar-refractivity contribution >= 4 is 28.4 Å². The van der Waals surface area contributed by atoms with Crippen LogP contribution in [0.2, 0.25) is 0 Å². The van der Waals surface area contributed by atoms with Crippen LogP contribution in [0, 0.1) is 3.57 Å². The number of rotatable bonds is 5. The molecular weight excluding hydrogens is 309 g/mol. The maximum absolute atomic E-state index is 9.26. The second-order valence-electron chi connectivity index (χ2n) is 3.29. The topological polar surface area (TPSA) is 78.3 Å². The first-order valence-electron chi connectivity index (χ1n) is 4.63. The van der Waals surface area contributed by atoms with Crippen molar-refractivity contribution in [2.24, 2.45) is 0 Å². The number of nitrogens with one attached hydrogen (secondary N) is 1. The van der Waals surface area contributed by atoms with Crippen LogP contribution < -0.4 is 5.32 Å². The van der Waals surface area contributed by atoms with E-state index in [0.717, 1.165) is 3.57 Å². The van der Waals surface area contributed by atoms with Gasteiger partial charge in [0.25, 0.3) is 0 Å². The molecule has 1 heterocycles. The molecule has 0 aliphatic rings. The lowest BCUT2D eigenvalue weighted by molar-refractivity contribution is 0.132. The molecule has 3 N–H and O–H groups in total. The van der Waals surface area contributed by atoms with Crippen LogP contribution in [-0.2, 0) is 0 Å². The highest BCUT2D eigenvalue weighted by molar-refractivity contribution is 14.1. The molecule has 1 aromatic heterocycles. The summed E-state index contributed by atoms with van der Waals surface area (Å²) in [5.41, 5.74) is -0.714. The monoisotopic (exact) mass is 323 g/mol. The molecule has 0 atom stereocenters. The van der Waals surface area contributed by atoms with E-state index < -0.39 is 5.54 Å².